The minimum atomic E-state index is 0.0288. The molecule has 1 N–H and O–H groups in total. The van der Waals surface area contributed by atoms with Gasteiger partial charge < -0.3 is 10.2 Å². The van der Waals surface area contributed by atoms with Crippen LogP contribution in [0.1, 0.15) is 49.7 Å². The minimum absolute atomic E-state index is 0.0288. The Morgan fingerprint density at radius 2 is 1.71 bits per heavy atom. The second kappa shape index (κ2) is 8.27. The van der Waals surface area contributed by atoms with Crippen molar-refractivity contribution in [1.29, 1.82) is 5.26 Å². The van der Waals surface area contributed by atoms with Crippen LogP contribution in [0.15, 0.2) is 24.3 Å². The molecule has 1 aliphatic heterocycles. The van der Waals surface area contributed by atoms with Crippen molar-refractivity contribution in [1.82, 2.24) is 15.1 Å². The van der Waals surface area contributed by atoms with Gasteiger partial charge in [-0.15, -0.1) is 0 Å². The van der Waals surface area contributed by atoms with E-state index in [1.165, 1.54) is 37.7 Å². The van der Waals surface area contributed by atoms with E-state index in [9.17, 15) is 9.59 Å². The van der Waals surface area contributed by atoms with Crippen LogP contribution in [0.4, 0.5) is 0 Å². The molecule has 164 valence electrons. The lowest BCUT2D eigenvalue weighted by molar-refractivity contribution is -0.135. The maximum atomic E-state index is 12.6. The molecule has 2 unspecified atom stereocenters. The highest BCUT2D eigenvalue weighted by atomic mass is 16.2. The van der Waals surface area contributed by atoms with Crippen LogP contribution in [0.5, 0.6) is 0 Å². The van der Waals surface area contributed by atoms with E-state index >= 15 is 0 Å². The number of piperazine rings is 1. The van der Waals surface area contributed by atoms with Gasteiger partial charge >= 0.3 is 0 Å². The fraction of sp³-hybridized carbons (Fsp3) is 0.640. The minimum Gasteiger partial charge on any atom is -0.347 e. The third-order valence-electron chi connectivity index (χ3n) is 8.32. The third kappa shape index (κ3) is 4.21. The number of nitrogens with one attached hydrogen (secondary N) is 1. The van der Waals surface area contributed by atoms with E-state index in [1.54, 1.807) is 0 Å². The average molecular weight is 421 g/mol. The number of benzene rings is 1. The van der Waals surface area contributed by atoms with E-state index < -0.39 is 0 Å². The monoisotopic (exact) mass is 420 g/mol. The summed E-state index contributed by atoms with van der Waals surface area (Å²) in [6, 6.07) is 9.82. The molecule has 2 atom stereocenters. The molecule has 31 heavy (non-hydrogen) atoms. The molecule has 2 amide bonds. The molecule has 0 spiro atoms. The number of carbonyl (C=O) groups excluding carboxylic acids is 2. The van der Waals surface area contributed by atoms with Crippen LogP contribution in [0.25, 0.3) is 0 Å². The van der Waals surface area contributed by atoms with E-state index in [4.69, 9.17) is 5.26 Å². The fourth-order valence-electron chi connectivity index (χ4n) is 7.02. The number of rotatable bonds is 6. The first kappa shape index (κ1) is 20.5. The molecule has 4 aliphatic carbocycles. The molecule has 4 saturated carbocycles. The Kier molecular flexibility index (Phi) is 5.47. The number of amides is 2. The molecule has 5 fully saturated rings. The second-order valence-electron chi connectivity index (χ2n) is 10.3. The van der Waals surface area contributed by atoms with Gasteiger partial charge in [-0.2, -0.15) is 5.26 Å². The largest absolute Gasteiger partial charge is 0.347 e. The molecule has 1 aromatic carbocycles. The molecule has 0 radical (unpaired) electrons. The Morgan fingerprint density at radius 3 is 2.35 bits per heavy atom. The molecule has 1 aromatic rings. The van der Waals surface area contributed by atoms with Gasteiger partial charge in [0.15, 0.2) is 0 Å². The average Bonchev–Trinajstić information content (AvgIpc) is 3.15. The van der Waals surface area contributed by atoms with E-state index in [1.807, 2.05) is 29.2 Å². The zero-order valence-electron chi connectivity index (χ0n) is 18.2. The smallest absolute Gasteiger partial charge is 0.242 e. The van der Waals surface area contributed by atoms with Gasteiger partial charge in [-0.3, -0.25) is 14.5 Å². The molecule has 6 rings (SSSR count). The molecule has 6 heteroatoms. The summed E-state index contributed by atoms with van der Waals surface area (Å²) in [6.07, 6.45) is 7.13. The van der Waals surface area contributed by atoms with Crippen LogP contribution in [-0.4, -0.2) is 54.3 Å². The molecular formula is C25H32N4O2. The maximum Gasteiger partial charge on any atom is 0.242 e. The molecule has 0 aromatic heterocycles. The van der Waals surface area contributed by atoms with Gasteiger partial charge in [0.1, 0.15) is 0 Å². The first-order valence-corrected chi connectivity index (χ1v) is 11.8. The summed E-state index contributed by atoms with van der Waals surface area (Å²) >= 11 is 0. The fourth-order valence-corrected chi connectivity index (χ4v) is 7.02. The van der Waals surface area contributed by atoms with Crippen LogP contribution in [-0.2, 0) is 16.1 Å². The van der Waals surface area contributed by atoms with Crippen molar-refractivity contribution in [3.8, 4) is 6.07 Å². The summed E-state index contributed by atoms with van der Waals surface area (Å²) in [7, 11) is 0. The Labute approximate surface area is 184 Å². The number of hydrogen-bond acceptors (Lipinski definition) is 4. The van der Waals surface area contributed by atoms with Crippen molar-refractivity contribution in [3.63, 3.8) is 0 Å². The summed E-state index contributed by atoms with van der Waals surface area (Å²) < 4.78 is 0. The maximum absolute atomic E-state index is 12.6. The number of nitrogens with zero attached hydrogens (tertiary/aromatic N) is 3. The molecule has 1 saturated heterocycles. The second-order valence-corrected chi connectivity index (χ2v) is 10.3. The zero-order valence-corrected chi connectivity index (χ0v) is 18.2. The van der Waals surface area contributed by atoms with Crippen molar-refractivity contribution in [2.45, 2.75) is 45.1 Å². The van der Waals surface area contributed by atoms with E-state index in [2.05, 4.69) is 16.3 Å². The Bertz CT molecular complexity index is 868. The predicted octanol–water partition coefficient (Wildman–Crippen LogP) is 2.54. The van der Waals surface area contributed by atoms with E-state index in [0.29, 0.717) is 25.1 Å². The highest BCUT2D eigenvalue weighted by Gasteiger charge is 2.57. The Morgan fingerprint density at radius 1 is 1.03 bits per heavy atom. The lowest BCUT2D eigenvalue weighted by atomic mass is 9.73. The quantitative estimate of drug-likeness (QED) is 0.767. The standard InChI is InChI=1S/C25H32N4O2/c26-15-18-1-3-19(4-2-18)17-28-5-7-29(8-6-28)24(31)16-27-23(30)14-25-12-20-9-21(13-25)11-22(25)10-20/h1-4,20-22H,5-14,16-17H2,(H,27,30). The molecule has 1 heterocycles. The predicted molar refractivity (Wildman–Crippen MR) is 117 cm³/mol. The van der Waals surface area contributed by atoms with Crippen LogP contribution in [0.3, 0.4) is 0 Å². The summed E-state index contributed by atoms with van der Waals surface area (Å²) in [5, 5.41) is 11.8. The molecule has 5 aliphatic rings. The lowest BCUT2D eigenvalue weighted by Gasteiger charge is -2.35. The summed E-state index contributed by atoms with van der Waals surface area (Å²) in [4.78, 5) is 29.5. The highest BCUT2D eigenvalue weighted by molar-refractivity contribution is 5.85. The van der Waals surface area contributed by atoms with Crippen LogP contribution in [0, 0.1) is 34.5 Å². The number of nitriles is 1. The summed E-state index contributed by atoms with van der Waals surface area (Å²) in [5.41, 5.74) is 2.10. The van der Waals surface area contributed by atoms with Gasteiger partial charge in [0, 0.05) is 39.1 Å². The molecule has 6 nitrogen and oxygen atoms in total. The summed E-state index contributed by atoms with van der Waals surface area (Å²) in [6.45, 7) is 4.00. The lowest BCUT2D eigenvalue weighted by Crippen LogP contribution is -2.51. The van der Waals surface area contributed by atoms with Crippen molar-refractivity contribution < 1.29 is 9.59 Å². The first-order chi connectivity index (χ1) is 15.0. The molecular weight excluding hydrogens is 388 g/mol. The van der Waals surface area contributed by atoms with Gasteiger partial charge in [-0.05, 0) is 73.0 Å². The van der Waals surface area contributed by atoms with Crippen LogP contribution < -0.4 is 5.32 Å². The summed E-state index contributed by atoms with van der Waals surface area (Å²) in [5.74, 6) is 2.56. The normalized spacial score (nSPS) is 31.6. The zero-order chi connectivity index (χ0) is 21.4. The number of carbonyl (C=O) groups is 2. The van der Waals surface area contributed by atoms with Gasteiger partial charge in [0.2, 0.25) is 11.8 Å². The van der Waals surface area contributed by atoms with Crippen molar-refractivity contribution in [2.75, 3.05) is 32.7 Å². The van der Waals surface area contributed by atoms with E-state index in [0.717, 1.165) is 37.4 Å². The van der Waals surface area contributed by atoms with Crippen molar-refractivity contribution in [3.05, 3.63) is 35.4 Å². The van der Waals surface area contributed by atoms with Gasteiger partial charge in [0.25, 0.3) is 0 Å². The third-order valence-corrected chi connectivity index (χ3v) is 8.32. The van der Waals surface area contributed by atoms with E-state index in [-0.39, 0.29) is 23.8 Å². The SMILES string of the molecule is N#Cc1ccc(CN2CCN(C(=O)CNC(=O)CC34CC5CC(CC3C5)C4)CC2)cc1. The molecule has 4 bridgehead atoms. The Hall–Kier alpha value is -2.39. The van der Waals surface area contributed by atoms with Crippen molar-refractivity contribution >= 4 is 11.8 Å². The van der Waals surface area contributed by atoms with Crippen LogP contribution >= 0.6 is 0 Å². The van der Waals surface area contributed by atoms with Gasteiger partial charge in [-0.1, -0.05) is 12.1 Å². The highest BCUT2D eigenvalue weighted by Crippen LogP contribution is 2.66. The van der Waals surface area contributed by atoms with Gasteiger partial charge in [-0.25, -0.2) is 0 Å². The van der Waals surface area contributed by atoms with Gasteiger partial charge in [0.05, 0.1) is 18.2 Å². The topological polar surface area (TPSA) is 76.4 Å². The number of hydrogen-bond donors (Lipinski definition) is 1. The van der Waals surface area contributed by atoms with Crippen LogP contribution in [0.2, 0.25) is 0 Å². The van der Waals surface area contributed by atoms with Crippen molar-refractivity contribution in [2.24, 2.45) is 23.2 Å². The Balaban J connectivity index is 1.04. The first-order valence-electron chi connectivity index (χ1n) is 11.8.